The summed E-state index contributed by atoms with van der Waals surface area (Å²) in [6, 6.07) is 7.70. The molecule has 0 aromatic heterocycles. The Morgan fingerprint density at radius 2 is 2.00 bits per heavy atom. The van der Waals surface area contributed by atoms with E-state index in [0.29, 0.717) is 13.1 Å². The number of carbonyl (C=O) groups excluding carboxylic acids is 2. The molecular weight excluding hydrogens is 320 g/mol. The Labute approximate surface area is 119 Å². The fourth-order valence-corrected chi connectivity index (χ4v) is 1.84. The minimum absolute atomic E-state index is 0.0837. The van der Waals surface area contributed by atoms with E-state index < -0.39 is 0 Å². The Kier molecular flexibility index (Phi) is 6.75. The lowest BCUT2D eigenvalue weighted by atomic mass is 10.2. The number of rotatable bonds is 6. The summed E-state index contributed by atoms with van der Waals surface area (Å²) in [7, 11) is 0. The van der Waals surface area contributed by atoms with Gasteiger partial charge in [-0.15, -0.1) is 11.6 Å². The average molecular weight is 334 g/mol. The lowest BCUT2D eigenvalue weighted by molar-refractivity contribution is -0.121. The molecule has 0 bridgehead atoms. The van der Waals surface area contributed by atoms with Crippen LogP contribution in [-0.4, -0.2) is 24.2 Å². The van der Waals surface area contributed by atoms with Gasteiger partial charge in [-0.2, -0.15) is 0 Å². The van der Waals surface area contributed by atoms with Crippen LogP contribution >= 0.6 is 27.5 Å². The molecule has 2 N–H and O–H groups in total. The Bertz CT molecular complexity index is 426. The number of alkyl halides is 1. The van der Waals surface area contributed by atoms with Crippen LogP contribution in [0.4, 0.5) is 0 Å². The highest BCUT2D eigenvalue weighted by Crippen LogP contribution is 2.11. The highest BCUT2D eigenvalue weighted by atomic mass is 79.9. The summed E-state index contributed by atoms with van der Waals surface area (Å²) in [5.74, 6) is -0.457. The van der Waals surface area contributed by atoms with Gasteiger partial charge in [-0.05, 0) is 17.7 Å². The lowest BCUT2D eigenvalue weighted by Gasteiger charge is -2.06. The Balaban J connectivity index is 2.23. The molecule has 0 unspecified atom stereocenters. The number of halogens is 2. The molecule has 0 saturated carbocycles. The normalized spacial score (nSPS) is 9.89. The highest BCUT2D eigenvalue weighted by molar-refractivity contribution is 9.10. The van der Waals surface area contributed by atoms with Gasteiger partial charge in [0.25, 0.3) is 0 Å². The summed E-state index contributed by atoms with van der Waals surface area (Å²) in [5, 5.41) is 5.31. The standard InChI is InChI=1S/C12H14BrClN2O2/c13-10-3-1-2-9(6-10)8-16-11(17)4-5-15-12(18)7-14/h1-3,6H,4-5,7-8H2,(H,15,18)(H,16,17). The first-order chi connectivity index (χ1) is 8.61. The van der Waals surface area contributed by atoms with Gasteiger partial charge in [-0.25, -0.2) is 0 Å². The van der Waals surface area contributed by atoms with Crippen LogP contribution in [0.25, 0.3) is 0 Å². The third-order valence-corrected chi connectivity index (χ3v) is 2.91. The second-order valence-electron chi connectivity index (χ2n) is 3.64. The Morgan fingerprint density at radius 1 is 1.22 bits per heavy atom. The Morgan fingerprint density at radius 3 is 2.67 bits per heavy atom. The maximum absolute atomic E-state index is 11.5. The second kappa shape index (κ2) is 8.11. The number of hydrogen-bond donors (Lipinski definition) is 2. The van der Waals surface area contributed by atoms with Crippen molar-refractivity contribution in [2.45, 2.75) is 13.0 Å². The van der Waals surface area contributed by atoms with Crippen molar-refractivity contribution in [1.82, 2.24) is 10.6 Å². The predicted octanol–water partition coefficient (Wildman–Crippen LogP) is 1.81. The van der Waals surface area contributed by atoms with Crippen molar-refractivity contribution in [3.8, 4) is 0 Å². The third-order valence-electron chi connectivity index (χ3n) is 2.17. The predicted molar refractivity (Wildman–Crippen MR) is 74.3 cm³/mol. The SMILES string of the molecule is O=C(CCl)NCCC(=O)NCc1cccc(Br)c1. The molecular formula is C12H14BrClN2O2. The van der Waals surface area contributed by atoms with Crippen molar-refractivity contribution in [3.63, 3.8) is 0 Å². The van der Waals surface area contributed by atoms with Gasteiger partial charge in [0, 0.05) is 24.0 Å². The number of hydrogen-bond acceptors (Lipinski definition) is 2. The van der Waals surface area contributed by atoms with Gasteiger partial charge >= 0.3 is 0 Å². The minimum atomic E-state index is -0.267. The van der Waals surface area contributed by atoms with Crippen LogP contribution in [0.5, 0.6) is 0 Å². The smallest absolute Gasteiger partial charge is 0.234 e. The lowest BCUT2D eigenvalue weighted by Crippen LogP contribution is -2.31. The van der Waals surface area contributed by atoms with E-state index in [1.165, 1.54) is 0 Å². The number of nitrogens with one attached hydrogen (secondary N) is 2. The van der Waals surface area contributed by atoms with Gasteiger partial charge in [-0.3, -0.25) is 9.59 Å². The molecule has 0 aliphatic carbocycles. The van der Waals surface area contributed by atoms with Gasteiger partial charge < -0.3 is 10.6 Å². The third kappa shape index (κ3) is 6.02. The summed E-state index contributed by atoms with van der Waals surface area (Å²) in [4.78, 5) is 22.3. The first-order valence-corrected chi connectivity index (χ1v) is 6.78. The van der Waals surface area contributed by atoms with E-state index in [2.05, 4.69) is 26.6 Å². The van der Waals surface area contributed by atoms with E-state index >= 15 is 0 Å². The van der Waals surface area contributed by atoms with Crippen molar-refractivity contribution in [1.29, 1.82) is 0 Å². The van der Waals surface area contributed by atoms with Crippen molar-refractivity contribution < 1.29 is 9.59 Å². The number of benzene rings is 1. The van der Waals surface area contributed by atoms with Crippen LogP contribution in [0.2, 0.25) is 0 Å². The van der Waals surface area contributed by atoms with Gasteiger partial charge in [0.2, 0.25) is 11.8 Å². The van der Waals surface area contributed by atoms with E-state index in [9.17, 15) is 9.59 Å². The van der Waals surface area contributed by atoms with E-state index in [4.69, 9.17) is 11.6 Å². The molecule has 1 rings (SSSR count). The van der Waals surface area contributed by atoms with Gasteiger partial charge in [0.1, 0.15) is 5.88 Å². The zero-order chi connectivity index (χ0) is 13.4. The maximum Gasteiger partial charge on any atom is 0.234 e. The molecule has 4 nitrogen and oxygen atoms in total. The molecule has 18 heavy (non-hydrogen) atoms. The summed E-state index contributed by atoms with van der Waals surface area (Å²) >= 11 is 8.67. The van der Waals surface area contributed by atoms with Crippen LogP contribution in [-0.2, 0) is 16.1 Å². The van der Waals surface area contributed by atoms with E-state index in [1.807, 2.05) is 24.3 Å². The van der Waals surface area contributed by atoms with E-state index in [0.717, 1.165) is 10.0 Å². The summed E-state index contributed by atoms with van der Waals surface area (Å²) < 4.78 is 0.976. The molecule has 0 spiro atoms. The second-order valence-corrected chi connectivity index (χ2v) is 4.82. The zero-order valence-corrected chi connectivity index (χ0v) is 12.1. The Hall–Kier alpha value is -1.07. The molecule has 0 radical (unpaired) electrons. The van der Waals surface area contributed by atoms with Gasteiger partial charge in [-0.1, -0.05) is 28.1 Å². The summed E-state index contributed by atoms with van der Waals surface area (Å²) in [6.45, 7) is 0.775. The first kappa shape index (κ1) is 15.0. The molecule has 0 aliphatic rings. The molecule has 0 aliphatic heterocycles. The average Bonchev–Trinajstić information content (AvgIpc) is 2.36. The molecule has 2 amide bonds. The zero-order valence-electron chi connectivity index (χ0n) is 9.71. The number of amides is 2. The van der Waals surface area contributed by atoms with Crippen LogP contribution in [0, 0.1) is 0 Å². The van der Waals surface area contributed by atoms with Crippen LogP contribution in [0.1, 0.15) is 12.0 Å². The van der Waals surface area contributed by atoms with Crippen molar-refractivity contribution in [3.05, 3.63) is 34.3 Å². The fraction of sp³-hybridized carbons (Fsp3) is 0.333. The van der Waals surface area contributed by atoms with Crippen molar-refractivity contribution >= 4 is 39.3 Å². The quantitative estimate of drug-likeness (QED) is 0.780. The summed E-state index contributed by atoms with van der Waals surface area (Å²) in [6.07, 6.45) is 0.247. The van der Waals surface area contributed by atoms with E-state index in [-0.39, 0.29) is 24.1 Å². The molecule has 0 atom stereocenters. The molecule has 0 saturated heterocycles. The fourth-order valence-electron chi connectivity index (χ4n) is 1.30. The van der Waals surface area contributed by atoms with Crippen LogP contribution in [0.3, 0.4) is 0 Å². The highest BCUT2D eigenvalue weighted by Gasteiger charge is 2.03. The maximum atomic E-state index is 11.5. The largest absolute Gasteiger partial charge is 0.355 e. The number of carbonyl (C=O) groups is 2. The molecule has 1 aromatic rings. The topological polar surface area (TPSA) is 58.2 Å². The van der Waals surface area contributed by atoms with Gasteiger partial charge in [0.15, 0.2) is 0 Å². The monoisotopic (exact) mass is 332 g/mol. The molecule has 0 fully saturated rings. The van der Waals surface area contributed by atoms with Crippen molar-refractivity contribution in [2.24, 2.45) is 0 Å². The van der Waals surface area contributed by atoms with Crippen LogP contribution < -0.4 is 10.6 Å². The van der Waals surface area contributed by atoms with Gasteiger partial charge in [0.05, 0.1) is 0 Å². The van der Waals surface area contributed by atoms with Crippen LogP contribution in [0.15, 0.2) is 28.7 Å². The first-order valence-electron chi connectivity index (χ1n) is 5.45. The van der Waals surface area contributed by atoms with E-state index in [1.54, 1.807) is 0 Å². The molecule has 0 heterocycles. The summed E-state index contributed by atoms with van der Waals surface area (Å²) in [5.41, 5.74) is 1.02. The van der Waals surface area contributed by atoms with Crippen molar-refractivity contribution in [2.75, 3.05) is 12.4 Å². The molecule has 6 heteroatoms. The molecule has 1 aromatic carbocycles. The molecule has 98 valence electrons. The minimum Gasteiger partial charge on any atom is -0.355 e.